The topological polar surface area (TPSA) is 63.9 Å². The first-order valence-corrected chi connectivity index (χ1v) is 8.76. The average Bonchev–Trinajstić information content (AvgIpc) is 3.12. The van der Waals surface area contributed by atoms with Gasteiger partial charge in [0.25, 0.3) is 0 Å². The van der Waals surface area contributed by atoms with Crippen molar-refractivity contribution in [2.75, 3.05) is 7.05 Å². The number of tetrazole rings is 1. The Bertz CT molecular complexity index is 847. The molecule has 0 aliphatic rings. The lowest BCUT2D eigenvalue weighted by Gasteiger charge is -2.27. The number of carbonyl (C=O) groups excluding carboxylic acids is 1. The Labute approximate surface area is 154 Å². The molecule has 0 aliphatic carbocycles. The molecule has 0 radical (unpaired) electrons. The van der Waals surface area contributed by atoms with E-state index >= 15 is 0 Å². The van der Waals surface area contributed by atoms with Crippen molar-refractivity contribution in [2.24, 2.45) is 0 Å². The van der Waals surface area contributed by atoms with Gasteiger partial charge in [0.1, 0.15) is 6.04 Å². The van der Waals surface area contributed by atoms with Crippen molar-refractivity contribution in [1.29, 1.82) is 0 Å². The quantitative estimate of drug-likeness (QED) is 0.659. The molecule has 1 atom stereocenters. The van der Waals surface area contributed by atoms with Crippen molar-refractivity contribution in [3.05, 3.63) is 70.5 Å². The van der Waals surface area contributed by atoms with E-state index in [0.29, 0.717) is 12.2 Å². The van der Waals surface area contributed by atoms with Crippen LogP contribution in [0.15, 0.2) is 59.1 Å². The monoisotopic (exact) mass is 399 g/mol. The number of hydrogen-bond donors (Lipinski definition) is 0. The Kier molecular flexibility index (Phi) is 5.23. The summed E-state index contributed by atoms with van der Waals surface area (Å²) in [6, 6.07) is 17.1. The molecule has 0 saturated heterocycles. The van der Waals surface area contributed by atoms with Crippen LogP contribution < -0.4 is 0 Å². The van der Waals surface area contributed by atoms with Gasteiger partial charge in [-0.3, -0.25) is 4.79 Å². The van der Waals surface area contributed by atoms with Crippen molar-refractivity contribution in [3.63, 3.8) is 0 Å². The normalized spacial score (nSPS) is 12.0. The molecule has 25 heavy (non-hydrogen) atoms. The van der Waals surface area contributed by atoms with Crippen LogP contribution in [0.3, 0.4) is 0 Å². The summed E-state index contributed by atoms with van der Waals surface area (Å²) in [5.41, 5.74) is 1.79. The number of rotatable bonds is 5. The fourth-order valence-corrected chi connectivity index (χ4v) is 2.97. The largest absolute Gasteiger partial charge is 0.331 e. The molecule has 0 N–H and O–H groups in total. The van der Waals surface area contributed by atoms with E-state index < -0.39 is 0 Å². The maximum Gasteiger partial charge on any atom is 0.222 e. The van der Waals surface area contributed by atoms with E-state index in [2.05, 4.69) is 31.5 Å². The van der Waals surface area contributed by atoms with Crippen LogP contribution in [0.25, 0.3) is 5.69 Å². The number of carbonyl (C=O) groups is 1. The Morgan fingerprint density at radius 3 is 2.48 bits per heavy atom. The minimum Gasteiger partial charge on any atom is -0.331 e. The first kappa shape index (κ1) is 17.3. The Morgan fingerprint density at radius 1 is 1.16 bits per heavy atom. The van der Waals surface area contributed by atoms with E-state index in [-0.39, 0.29) is 11.9 Å². The molecule has 0 fully saturated rings. The number of benzene rings is 2. The van der Waals surface area contributed by atoms with Crippen LogP contribution in [0, 0.1) is 0 Å². The van der Waals surface area contributed by atoms with Crippen LogP contribution >= 0.6 is 15.9 Å². The fourth-order valence-electron chi connectivity index (χ4n) is 2.71. The first-order valence-electron chi connectivity index (χ1n) is 7.96. The lowest BCUT2D eigenvalue weighted by atomic mass is 10.0. The van der Waals surface area contributed by atoms with Gasteiger partial charge in [-0.1, -0.05) is 53.2 Å². The third-order valence-corrected chi connectivity index (χ3v) is 4.54. The van der Waals surface area contributed by atoms with E-state index in [0.717, 1.165) is 15.7 Å². The Morgan fingerprint density at radius 2 is 1.84 bits per heavy atom. The Balaban J connectivity index is 2.10. The van der Waals surface area contributed by atoms with Gasteiger partial charge in [0.15, 0.2) is 5.82 Å². The second-order valence-electron chi connectivity index (χ2n) is 5.60. The molecular weight excluding hydrogens is 382 g/mol. The zero-order chi connectivity index (χ0) is 17.8. The molecular formula is C18H18BrN5O. The smallest absolute Gasteiger partial charge is 0.222 e. The molecule has 1 unspecified atom stereocenters. The van der Waals surface area contributed by atoms with Gasteiger partial charge < -0.3 is 4.90 Å². The standard InChI is InChI=1S/C18H18BrN5O/c1-3-16(25)23(2)17(13-7-5-4-6-8-13)18-20-21-22-24(18)15-11-9-14(19)10-12-15/h4-12,17H,3H2,1-2H3. The van der Waals surface area contributed by atoms with Crippen molar-refractivity contribution in [1.82, 2.24) is 25.1 Å². The molecule has 2 aromatic carbocycles. The summed E-state index contributed by atoms with van der Waals surface area (Å²) in [7, 11) is 1.78. The Hall–Kier alpha value is -2.54. The summed E-state index contributed by atoms with van der Waals surface area (Å²) in [4.78, 5) is 14.0. The predicted molar refractivity (Wildman–Crippen MR) is 98.2 cm³/mol. The van der Waals surface area contributed by atoms with Crippen molar-refractivity contribution in [3.8, 4) is 5.69 Å². The van der Waals surface area contributed by atoms with Crippen molar-refractivity contribution >= 4 is 21.8 Å². The zero-order valence-corrected chi connectivity index (χ0v) is 15.6. The number of amides is 1. The fraction of sp³-hybridized carbons (Fsp3) is 0.222. The maximum atomic E-state index is 12.4. The van der Waals surface area contributed by atoms with E-state index in [1.54, 1.807) is 16.6 Å². The van der Waals surface area contributed by atoms with Gasteiger partial charge in [0.05, 0.1) is 5.69 Å². The number of nitrogens with zero attached hydrogens (tertiary/aromatic N) is 5. The van der Waals surface area contributed by atoms with Crippen molar-refractivity contribution < 1.29 is 4.79 Å². The summed E-state index contributed by atoms with van der Waals surface area (Å²) in [6.45, 7) is 1.85. The molecule has 0 saturated carbocycles. The maximum absolute atomic E-state index is 12.4. The van der Waals surface area contributed by atoms with E-state index in [1.165, 1.54) is 0 Å². The third kappa shape index (κ3) is 3.61. The molecule has 3 aromatic rings. The van der Waals surface area contributed by atoms with E-state index in [4.69, 9.17) is 0 Å². The van der Waals surface area contributed by atoms with Crippen LogP contribution in [0.1, 0.15) is 30.8 Å². The molecule has 0 spiro atoms. The van der Waals surface area contributed by atoms with Gasteiger partial charge in [0, 0.05) is 17.9 Å². The molecule has 0 bridgehead atoms. The number of aromatic nitrogens is 4. The van der Waals surface area contributed by atoms with Crippen LogP contribution in [0.2, 0.25) is 0 Å². The zero-order valence-electron chi connectivity index (χ0n) is 14.0. The van der Waals surface area contributed by atoms with Gasteiger partial charge >= 0.3 is 0 Å². The molecule has 1 amide bonds. The minimum absolute atomic E-state index is 0.0270. The summed E-state index contributed by atoms with van der Waals surface area (Å²) in [5, 5.41) is 12.2. The van der Waals surface area contributed by atoms with Crippen molar-refractivity contribution in [2.45, 2.75) is 19.4 Å². The lowest BCUT2D eigenvalue weighted by Crippen LogP contribution is -2.33. The lowest BCUT2D eigenvalue weighted by molar-refractivity contribution is -0.131. The van der Waals surface area contributed by atoms with Gasteiger partial charge in [-0.15, -0.1) is 5.10 Å². The molecule has 6 nitrogen and oxygen atoms in total. The third-order valence-electron chi connectivity index (χ3n) is 4.01. The van der Waals surface area contributed by atoms with Gasteiger partial charge in [-0.2, -0.15) is 4.68 Å². The second kappa shape index (κ2) is 7.57. The average molecular weight is 400 g/mol. The molecule has 128 valence electrons. The molecule has 3 rings (SSSR count). The van der Waals surface area contributed by atoms with E-state index in [9.17, 15) is 4.79 Å². The van der Waals surface area contributed by atoms with Crippen LogP contribution in [0.5, 0.6) is 0 Å². The van der Waals surface area contributed by atoms with Crippen LogP contribution in [-0.4, -0.2) is 38.1 Å². The summed E-state index contributed by atoms with van der Waals surface area (Å²) in [6.07, 6.45) is 0.416. The highest BCUT2D eigenvalue weighted by atomic mass is 79.9. The SMILES string of the molecule is CCC(=O)N(C)C(c1ccccc1)c1nnnn1-c1ccc(Br)cc1. The highest BCUT2D eigenvalue weighted by Crippen LogP contribution is 2.28. The summed E-state index contributed by atoms with van der Waals surface area (Å²) in [5.74, 6) is 0.622. The predicted octanol–water partition coefficient (Wildman–Crippen LogP) is 3.38. The first-order chi connectivity index (χ1) is 12.1. The highest BCUT2D eigenvalue weighted by Gasteiger charge is 2.28. The number of hydrogen-bond acceptors (Lipinski definition) is 4. The van der Waals surface area contributed by atoms with Gasteiger partial charge in [0.2, 0.25) is 5.91 Å². The van der Waals surface area contributed by atoms with Crippen LogP contribution in [0.4, 0.5) is 0 Å². The highest BCUT2D eigenvalue weighted by molar-refractivity contribution is 9.10. The molecule has 0 aliphatic heterocycles. The minimum atomic E-state index is -0.368. The van der Waals surface area contributed by atoms with Crippen LogP contribution in [-0.2, 0) is 4.79 Å². The van der Waals surface area contributed by atoms with E-state index in [1.807, 2.05) is 61.5 Å². The molecule has 1 heterocycles. The molecule has 7 heteroatoms. The summed E-state index contributed by atoms with van der Waals surface area (Å²) >= 11 is 3.43. The van der Waals surface area contributed by atoms with Gasteiger partial charge in [-0.05, 0) is 40.3 Å². The van der Waals surface area contributed by atoms with Gasteiger partial charge in [-0.25, -0.2) is 0 Å². The molecule has 1 aromatic heterocycles. The summed E-state index contributed by atoms with van der Waals surface area (Å²) < 4.78 is 2.65. The number of halogens is 1. The second-order valence-corrected chi connectivity index (χ2v) is 6.51.